The van der Waals surface area contributed by atoms with Crippen molar-refractivity contribution in [2.24, 2.45) is 0 Å². The molecule has 0 unspecified atom stereocenters. The maximum absolute atomic E-state index is 11.7. The summed E-state index contributed by atoms with van der Waals surface area (Å²) >= 11 is 4.24. The summed E-state index contributed by atoms with van der Waals surface area (Å²) < 4.78 is 0. The van der Waals surface area contributed by atoms with Gasteiger partial charge >= 0.3 is 0 Å². The summed E-state index contributed by atoms with van der Waals surface area (Å²) in [6, 6.07) is 19.1. The standard InChI is InChI=1S/C22H14O2S/c23-20-11-14-22(24)19(15-20)10-7-17-4-1-16(2-5-17)3-6-18-8-12-21(25)13-9-18/h1-2,4-5,8-9,11-15,23-25H/p-1. The van der Waals surface area contributed by atoms with E-state index in [-0.39, 0.29) is 17.1 Å². The fourth-order valence-corrected chi connectivity index (χ4v) is 2.23. The lowest BCUT2D eigenvalue weighted by molar-refractivity contribution is -0.268. The average Bonchev–Trinajstić information content (AvgIpc) is 2.63. The van der Waals surface area contributed by atoms with Gasteiger partial charge in [-0.15, -0.1) is 12.6 Å². The van der Waals surface area contributed by atoms with Crippen molar-refractivity contribution in [2.75, 3.05) is 0 Å². The van der Waals surface area contributed by atoms with Crippen molar-refractivity contribution in [1.29, 1.82) is 0 Å². The third kappa shape index (κ3) is 4.61. The quantitative estimate of drug-likeness (QED) is 0.485. The molecule has 0 bridgehead atoms. The molecule has 1 N–H and O–H groups in total. The van der Waals surface area contributed by atoms with Crippen molar-refractivity contribution in [3.63, 3.8) is 0 Å². The minimum absolute atomic E-state index is 0.0282. The third-order valence-electron chi connectivity index (χ3n) is 3.41. The molecule has 0 aliphatic rings. The molecule has 0 radical (unpaired) electrons. The summed E-state index contributed by atoms with van der Waals surface area (Å²) in [7, 11) is 0. The van der Waals surface area contributed by atoms with Crippen molar-refractivity contribution in [3.05, 3.63) is 89.0 Å². The number of rotatable bonds is 0. The second kappa shape index (κ2) is 7.53. The normalized spacial score (nSPS) is 9.48. The average molecular weight is 341 g/mol. The molecule has 0 atom stereocenters. The van der Waals surface area contributed by atoms with Crippen LogP contribution in [0.5, 0.6) is 11.5 Å². The molecule has 25 heavy (non-hydrogen) atoms. The maximum Gasteiger partial charge on any atom is 0.116 e. The molecule has 0 heterocycles. The Hall–Kier alpha value is -3.27. The molecular weight excluding hydrogens is 328 g/mol. The van der Waals surface area contributed by atoms with E-state index in [4.69, 9.17) is 0 Å². The highest BCUT2D eigenvalue weighted by atomic mass is 32.1. The lowest BCUT2D eigenvalue weighted by atomic mass is 10.1. The zero-order valence-corrected chi connectivity index (χ0v) is 14.0. The molecule has 0 amide bonds. The highest BCUT2D eigenvalue weighted by Crippen LogP contribution is 2.18. The molecule has 120 valence electrons. The Morgan fingerprint density at radius 2 is 1.16 bits per heavy atom. The summed E-state index contributed by atoms with van der Waals surface area (Å²) in [6.07, 6.45) is 0. The Morgan fingerprint density at radius 1 is 0.680 bits per heavy atom. The van der Waals surface area contributed by atoms with E-state index in [2.05, 4.69) is 36.3 Å². The van der Waals surface area contributed by atoms with Crippen LogP contribution in [0.1, 0.15) is 22.3 Å². The van der Waals surface area contributed by atoms with Crippen LogP contribution in [0, 0.1) is 23.7 Å². The predicted molar refractivity (Wildman–Crippen MR) is 99.6 cm³/mol. The number of aromatic hydroxyl groups is 1. The Morgan fingerprint density at radius 3 is 1.72 bits per heavy atom. The summed E-state index contributed by atoms with van der Waals surface area (Å²) in [5.74, 6) is 11.7. The van der Waals surface area contributed by atoms with E-state index in [1.165, 1.54) is 18.2 Å². The van der Waals surface area contributed by atoms with Gasteiger partial charge in [0.1, 0.15) is 5.75 Å². The molecule has 2 nitrogen and oxygen atoms in total. The second-order valence-corrected chi connectivity index (χ2v) is 5.82. The molecule has 3 aromatic carbocycles. The van der Waals surface area contributed by atoms with Gasteiger partial charge in [-0.05, 0) is 60.7 Å². The van der Waals surface area contributed by atoms with Gasteiger partial charge in [-0.3, -0.25) is 0 Å². The van der Waals surface area contributed by atoms with Gasteiger partial charge in [0, 0.05) is 27.1 Å². The maximum atomic E-state index is 11.7. The summed E-state index contributed by atoms with van der Waals surface area (Å²) in [6.45, 7) is 0. The first-order valence-electron chi connectivity index (χ1n) is 7.53. The van der Waals surface area contributed by atoms with Crippen LogP contribution in [0.15, 0.2) is 71.6 Å². The SMILES string of the molecule is [O-]c1ccc(O)cc1C#Cc1ccc(C#Cc2ccc(S)cc2)cc1. The molecule has 0 aromatic heterocycles. The Kier molecular flexibility index (Phi) is 5.00. The molecule has 3 aromatic rings. The summed E-state index contributed by atoms with van der Waals surface area (Å²) in [5.41, 5.74) is 2.85. The van der Waals surface area contributed by atoms with Crippen LogP contribution in [0.3, 0.4) is 0 Å². The van der Waals surface area contributed by atoms with Gasteiger partial charge in [0.2, 0.25) is 0 Å². The first kappa shape index (κ1) is 16.6. The molecule has 0 fully saturated rings. The number of hydrogen-bond donors (Lipinski definition) is 2. The van der Waals surface area contributed by atoms with E-state index in [0.717, 1.165) is 21.6 Å². The fraction of sp³-hybridized carbons (Fsp3) is 0. The number of phenols is 1. The van der Waals surface area contributed by atoms with Gasteiger partial charge in [0.25, 0.3) is 0 Å². The second-order valence-electron chi connectivity index (χ2n) is 5.30. The molecule has 0 aliphatic carbocycles. The van der Waals surface area contributed by atoms with Crippen LogP contribution in [0.25, 0.3) is 0 Å². The molecule has 0 spiro atoms. The van der Waals surface area contributed by atoms with E-state index in [1.807, 2.05) is 48.5 Å². The van der Waals surface area contributed by atoms with Crippen LogP contribution in [0.4, 0.5) is 0 Å². The van der Waals surface area contributed by atoms with Crippen LogP contribution < -0.4 is 5.11 Å². The Bertz CT molecular complexity index is 1010. The lowest BCUT2D eigenvalue weighted by Crippen LogP contribution is -1.92. The molecule has 0 saturated heterocycles. The zero-order valence-electron chi connectivity index (χ0n) is 13.2. The van der Waals surface area contributed by atoms with Crippen molar-refractivity contribution in [2.45, 2.75) is 4.90 Å². The number of thiol groups is 1. The van der Waals surface area contributed by atoms with Gasteiger partial charge in [0.15, 0.2) is 0 Å². The topological polar surface area (TPSA) is 43.3 Å². The minimum Gasteiger partial charge on any atom is -0.872 e. The van der Waals surface area contributed by atoms with Gasteiger partial charge in [0.05, 0.1) is 0 Å². The summed E-state index contributed by atoms with van der Waals surface area (Å²) in [4.78, 5) is 0.904. The smallest absolute Gasteiger partial charge is 0.116 e. The molecular formula is C22H13O2S-. The first-order chi connectivity index (χ1) is 12.1. The molecule has 0 aliphatic heterocycles. The fourth-order valence-electron chi connectivity index (χ4n) is 2.08. The molecule has 3 heteroatoms. The predicted octanol–water partition coefficient (Wildman–Crippen LogP) is 3.55. The number of phenolic OH excluding ortho intramolecular Hbond substituents is 1. The number of hydrogen-bond acceptors (Lipinski definition) is 3. The van der Waals surface area contributed by atoms with Crippen LogP contribution >= 0.6 is 12.6 Å². The van der Waals surface area contributed by atoms with Crippen LogP contribution in [0.2, 0.25) is 0 Å². The van der Waals surface area contributed by atoms with E-state index in [0.29, 0.717) is 0 Å². The highest BCUT2D eigenvalue weighted by molar-refractivity contribution is 7.80. The van der Waals surface area contributed by atoms with Gasteiger partial charge in [-0.1, -0.05) is 35.5 Å². The minimum atomic E-state index is -0.208. The van der Waals surface area contributed by atoms with E-state index in [9.17, 15) is 10.2 Å². The van der Waals surface area contributed by atoms with E-state index < -0.39 is 0 Å². The monoisotopic (exact) mass is 341 g/mol. The van der Waals surface area contributed by atoms with Gasteiger partial charge in [-0.25, -0.2) is 0 Å². The van der Waals surface area contributed by atoms with Crippen molar-refractivity contribution >= 4 is 12.6 Å². The molecule has 3 rings (SSSR count). The van der Waals surface area contributed by atoms with Crippen molar-refractivity contribution in [3.8, 4) is 35.2 Å². The Labute approximate surface area is 152 Å². The van der Waals surface area contributed by atoms with E-state index >= 15 is 0 Å². The largest absolute Gasteiger partial charge is 0.872 e. The zero-order chi connectivity index (χ0) is 17.6. The highest BCUT2D eigenvalue weighted by Gasteiger charge is 1.93. The Balaban J connectivity index is 1.76. The third-order valence-corrected chi connectivity index (χ3v) is 3.71. The lowest BCUT2D eigenvalue weighted by Gasteiger charge is -2.07. The van der Waals surface area contributed by atoms with Crippen LogP contribution in [-0.2, 0) is 0 Å². The van der Waals surface area contributed by atoms with Gasteiger partial charge < -0.3 is 10.2 Å². The van der Waals surface area contributed by atoms with E-state index in [1.54, 1.807) is 0 Å². The summed E-state index contributed by atoms with van der Waals surface area (Å²) in [5, 5.41) is 21.1. The van der Waals surface area contributed by atoms with Crippen molar-refractivity contribution < 1.29 is 10.2 Å². The molecule has 0 saturated carbocycles. The first-order valence-corrected chi connectivity index (χ1v) is 7.98. The number of benzene rings is 3. The van der Waals surface area contributed by atoms with Crippen molar-refractivity contribution in [1.82, 2.24) is 0 Å². The van der Waals surface area contributed by atoms with Crippen LogP contribution in [-0.4, -0.2) is 5.11 Å². The van der Waals surface area contributed by atoms with Gasteiger partial charge in [-0.2, -0.15) is 0 Å².